The highest BCUT2D eigenvalue weighted by molar-refractivity contribution is 5.94. The Morgan fingerprint density at radius 2 is 1.77 bits per heavy atom. The van der Waals surface area contributed by atoms with Crippen molar-refractivity contribution in [2.75, 3.05) is 32.7 Å². The molecule has 2 N–H and O–H groups in total. The van der Waals surface area contributed by atoms with E-state index in [4.69, 9.17) is 0 Å². The third kappa shape index (κ3) is 7.72. The Kier molecular flexibility index (Phi) is 8.17. The second-order valence-electron chi connectivity index (χ2n) is 8.34. The molecule has 2 fully saturated rings. The van der Waals surface area contributed by atoms with E-state index >= 15 is 0 Å². The van der Waals surface area contributed by atoms with Crippen LogP contribution in [0.25, 0.3) is 0 Å². The van der Waals surface area contributed by atoms with E-state index in [1.54, 1.807) is 0 Å². The van der Waals surface area contributed by atoms with Gasteiger partial charge in [-0.15, -0.1) is 13.2 Å². The summed E-state index contributed by atoms with van der Waals surface area (Å²) >= 11 is 0. The van der Waals surface area contributed by atoms with E-state index in [0.717, 1.165) is 70.3 Å². The summed E-state index contributed by atoms with van der Waals surface area (Å²) in [7, 11) is 0. The summed E-state index contributed by atoms with van der Waals surface area (Å²) in [4.78, 5) is 26.7. The molecule has 1 aliphatic carbocycles. The average Bonchev–Trinajstić information content (AvgIpc) is 3.27. The Balaban J connectivity index is 1.33. The lowest BCUT2D eigenvalue weighted by molar-refractivity contribution is -0.274. The third-order valence-corrected chi connectivity index (χ3v) is 6.04. The molecule has 0 radical (unpaired) electrons. The number of carbonyl (C=O) groups excluding carboxylic acids is 2. The standard InChI is InChI=1S/C22H30F3N3O3/c23-22(24,25)31-19-7-3-6-18(14-19)21(30)27-15-16-8-11-28(12-9-16)13-10-26-20(29)17-4-1-2-5-17/h3,6-7,14,16-17H,1-2,4-5,8-13,15H2,(H,26,29)(H,27,30). The van der Waals surface area contributed by atoms with Crippen LogP contribution in [0.5, 0.6) is 5.75 Å². The van der Waals surface area contributed by atoms with Gasteiger partial charge in [-0.1, -0.05) is 18.9 Å². The molecule has 1 aromatic rings. The molecule has 0 aromatic heterocycles. The number of amides is 2. The Morgan fingerprint density at radius 3 is 2.45 bits per heavy atom. The molecule has 9 heteroatoms. The molecule has 0 unspecified atom stereocenters. The first-order valence-electron chi connectivity index (χ1n) is 10.9. The van der Waals surface area contributed by atoms with Crippen LogP contribution in [0.15, 0.2) is 24.3 Å². The lowest BCUT2D eigenvalue weighted by atomic mass is 9.96. The van der Waals surface area contributed by atoms with Crippen molar-refractivity contribution in [2.24, 2.45) is 11.8 Å². The van der Waals surface area contributed by atoms with Gasteiger partial charge in [0.05, 0.1) is 0 Å². The first kappa shape index (κ1) is 23.4. The van der Waals surface area contributed by atoms with Gasteiger partial charge in [-0.05, 0) is 62.9 Å². The minimum Gasteiger partial charge on any atom is -0.406 e. The quantitative estimate of drug-likeness (QED) is 0.649. The van der Waals surface area contributed by atoms with Crippen molar-refractivity contribution in [3.8, 4) is 5.75 Å². The smallest absolute Gasteiger partial charge is 0.406 e. The molecule has 3 rings (SSSR count). The SMILES string of the molecule is O=C(NCC1CCN(CCNC(=O)C2CCCC2)CC1)c1cccc(OC(F)(F)F)c1. The fourth-order valence-electron chi connectivity index (χ4n) is 4.26. The first-order chi connectivity index (χ1) is 14.8. The van der Waals surface area contributed by atoms with Crippen molar-refractivity contribution in [1.82, 2.24) is 15.5 Å². The number of nitrogens with one attached hydrogen (secondary N) is 2. The number of halogens is 3. The van der Waals surface area contributed by atoms with Crippen LogP contribution in [0.2, 0.25) is 0 Å². The van der Waals surface area contributed by atoms with Crippen LogP contribution in [0.1, 0.15) is 48.9 Å². The van der Waals surface area contributed by atoms with Crippen LogP contribution >= 0.6 is 0 Å². The number of likely N-dealkylation sites (tertiary alicyclic amines) is 1. The van der Waals surface area contributed by atoms with Crippen molar-refractivity contribution < 1.29 is 27.5 Å². The van der Waals surface area contributed by atoms with Gasteiger partial charge in [-0.25, -0.2) is 0 Å². The highest BCUT2D eigenvalue weighted by Gasteiger charge is 2.31. The third-order valence-electron chi connectivity index (χ3n) is 6.04. The number of hydrogen-bond acceptors (Lipinski definition) is 4. The molecule has 2 amide bonds. The maximum atomic E-state index is 12.3. The molecule has 1 heterocycles. The summed E-state index contributed by atoms with van der Waals surface area (Å²) < 4.78 is 40.9. The minimum atomic E-state index is -4.79. The predicted octanol–water partition coefficient (Wildman–Crippen LogP) is 3.33. The normalized spacial score (nSPS) is 18.7. The van der Waals surface area contributed by atoms with E-state index < -0.39 is 18.0 Å². The minimum absolute atomic E-state index is 0.136. The second-order valence-corrected chi connectivity index (χ2v) is 8.34. The monoisotopic (exact) mass is 441 g/mol. The van der Waals surface area contributed by atoms with Crippen LogP contribution in [-0.2, 0) is 4.79 Å². The number of benzene rings is 1. The van der Waals surface area contributed by atoms with Crippen LogP contribution in [0.4, 0.5) is 13.2 Å². The summed E-state index contributed by atoms with van der Waals surface area (Å²) in [5.41, 5.74) is 0.136. The Hall–Kier alpha value is -2.29. The highest BCUT2D eigenvalue weighted by Crippen LogP contribution is 2.25. The lowest BCUT2D eigenvalue weighted by Gasteiger charge is -2.32. The molecule has 1 aliphatic heterocycles. The molecular weight excluding hydrogens is 411 g/mol. The molecule has 2 aliphatic rings. The van der Waals surface area contributed by atoms with Crippen molar-refractivity contribution in [1.29, 1.82) is 0 Å². The zero-order chi connectivity index (χ0) is 22.3. The summed E-state index contributed by atoms with van der Waals surface area (Å²) in [6.07, 6.45) is 1.36. The van der Waals surface area contributed by atoms with Gasteiger partial charge in [0.25, 0.3) is 5.91 Å². The molecule has 0 spiro atoms. The number of hydrogen-bond donors (Lipinski definition) is 2. The van der Waals surface area contributed by atoms with Crippen LogP contribution < -0.4 is 15.4 Å². The van der Waals surface area contributed by atoms with Crippen LogP contribution in [0.3, 0.4) is 0 Å². The van der Waals surface area contributed by atoms with E-state index in [2.05, 4.69) is 20.3 Å². The van der Waals surface area contributed by atoms with Gasteiger partial charge < -0.3 is 20.3 Å². The molecule has 6 nitrogen and oxygen atoms in total. The Morgan fingerprint density at radius 1 is 1.06 bits per heavy atom. The van der Waals surface area contributed by atoms with Gasteiger partial charge in [0, 0.05) is 31.1 Å². The van der Waals surface area contributed by atoms with Crippen molar-refractivity contribution in [2.45, 2.75) is 44.9 Å². The van der Waals surface area contributed by atoms with Crippen LogP contribution in [0, 0.1) is 11.8 Å². The molecule has 172 valence electrons. The van der Waals surface area contributed by atoms with Crippen molar-refractivity contribution in [3.05, 3.63) is 29.8 Å². The van der Waals surface area contributed by atoms with E-state index in [0.29, 0.717) is 19.0 Å². The zero-order valence-electron chi connectivity index (χ0n) is 17.5. The number of nitrogens with zero attached hydrogens (tertiary/aromatic N) is 1. The number of carbonyl (C=O) groups is 2. The average molecular weight is 441 g/mol. The van der Waals surface area contributed by atoms with Crippen molar-refractivity contribution in [3.63, 3.8) is 0 Å². The van der Waals surface area contributed by atoms with Gasteiger partial charge in [0.15, 0.2) is 0 Å². The Labute approximate surface area is 180 Å². The number of rotatable bonds is 8. The summed E-state index contributed by atoms with van der Waals surface area (Å²) in [6, 6.07) is 5.07. The number of piperidine rings is 1. The molecular formula is C22H30F3N3O3. The fourth-order valence-corrected chi connectivity index (χ4v) is 4.26. The Bertz CT molecular complexity index is 743. The molecule has 1 saturated heterocycles. The second kappa shape index (κ2) is 10.8. The van der Waals surface area contributed by atoms with E-state index in [-0.39, 0.29) is 17.4 Å². The highest BCUT2D eigenvalue weighted by atomic mass is 19.4. The van der Waals surface area contributed by atoms with Gasteiger partial charge in [-0.3, -0.25) is 9.59 Å². The van der Waals surface area contributed by atoms with Gasteiger partial charge in [0.1, 0.15) is 5.75 Å². The summed E-state index contributed by atoms with van der Waals surface area (Å²) in [5, 5.41) is 5.85. The number of alkyl halides is 3. The topological polar surface area (TPSA) is 70.7 Å². The zero-order valence-corrected chi connectivity index (χ0v) is 17.5. The number of ether oxygens (including phenoxy) is 1. The van der Waals surface area contributed by atoms with Gasteiger partial charge in [-0.2, -0.15) is 0 Å². The molecule has 0 atom stereocenters. The van der Waals surface area contributed by atoms with E-state index in [1.165, 1.54) is 12.1 Å². The maximum Gasteiger partial charge on any atom is 0.573 e. The molecule has 1 saturated carbocycles. The largest absolute Gasteiger partial charge is 0.573 e. The first-order valence-corrected chi connectivity index (χ1v) is 10.9. The molecule has 1 aromatic carbocycles. The maximum absolute atomic E-state index is 12.3. The van der Waals surface area contributed by atoms with E-state index in [9.17, 15) is 22.8 Å². The van der Waals surface area contributed by atoms with Crippen LogP contribution in [-0.4, -0.2) is 55.8 Å². The fraction of sp³-hybridized carbons (Fsp3) is 0.636. The lowest BCUT2D eigenvalue weighted by Crippen LogP contribution is -2.42. The van der Waals surface area contributed by atoms with Gasteiger partial charge >= 0.3 is 6.36 Å². The molecule has 0 bridgehead atoms. The summed E-state index contributed by atoms with van der Waals surface area (Å²) in [5.74, 6) is -0.129. The van der Waals surface area contributed by atoms with Gasteiger partial charge in [0.2, 0.25) is 5.91 Å². The van der Waals surface area contributed by atoms with Crippen molar-refractivity contribution >= 4 is 11.8 Å². The molecule has 31 heavy (non-hydrogen) atoms. The van der Waals surface area contributed by atoms with E-state index in [1.807, 2.05) is 0 Å². The summed E-state index contributed by atoms with van der Waals surface area (Å²) in [6.45, 7) is 3.76. The predicted molar refractivity (Wildman–Crippen MR) is 110 cm³/mol.